The van der Waals surface area contributed by atoms with Crippen LogP contribution in [0.4, 0.5) is 0 Å². The maximum Gasteiger partial charge on any atom is 0.336 e. The summed E-state index contributed by atoms with van der Waals surface area (Å²) in [5.74, 6) is -1.43. The monoisotopic (exact) mass is 413 g/mol. The Morgan fingerprint density at radius 2 is 2.07 bits per heavy atom. The van der Waals surface area contributed by atoms with Crippen molar-refractivity contribution in [1.82, 2.24) is 4.90 Å². The van der Waals surface area contributed by atoms with Crippen LogP contribution in [-0.2, 0) is 32.1 Å². The van der Waals surface area contributed by atoms with E-state index < -0.39 is 45.0 Å². The minimum atomic E-state index is -1.54. The number of halogens is 1. The Bertz CT molecular complexity index is 725. The van der Waals surface area contributed by atoms with Crippen LogP contribution < -0.4 is 0 Å². The van der Waals surface area contributed by atoms with Gasteiger partial charge >= 0.3 is 5.97 Å². The Kier molecular flexibility index (Phi) is 5.51. The Morgan fingerprint density at radius 1 is 1.44 bits per heavy atom. The van der Waals surface area contributed by atoms with Gasteiger partial charge in [-0.25, -0.2) is 4.79 Å². The van der Waals surface area contributed by atoms with Gasteiger partial charge in [0, 0.05) is 6.42 Å². The summed E-state index contributed by atoms with van der Waals surface area (Å²) in [6.07, 6.45) is 0.181. The van der Waals surface area contributed by atoms with Crippen LogP contribution >= 0.6 is 11.6 Å². The highest BCUT2D eigenvalue weighted by Crippen LogP contribution is 2.53. The first kappa shape index (κ1) is 20.5. The molecule has 8 heteroatoms. The molecule has 5 atom stereocenters. The molecule has 0 radical (unpaired) electrons. The van der Waals surface area contributed by atoms with Crippen molar-refractivity contribution in [2.75, 3.05) is 5.75 Å². The number of β-lactam (4-membered cyclic amide) rings is 1. The van der Waals surface area contributed by atoms with Crippen LogP contribution in [0.3, 0.4) is 0 Å². The molecule has 0 aliphatic carbocycles. The summed E-state index contributed by atoms with van der Waals surface area (Å²) in [6, 6.07) is 7.61. The number of rotatable bonds is 6. The largest absolute Gasteiger partial charge is 0.615 e. The Hall–Kier alpha value is -1.28. The summed E-state index contributed by atoms with van der Waals surface area (Å²) in [7, 11) is 0. The van der Waals surface area contributed by atoms with Gasteiger partial charge in [0.15, 0.2) is 6.04 Å². The summed E-state index contributed by atoms with van der Waals surface area (Å²) in [6.45, 7) is 4.88. The molecule has 1 N–H and O–H groups in total. The van der Waals surface area contributed by atoms with Crippen LogP contribution in [0.5, 0.6) is 0 Å². The molecule has 27 heavy (non-hydrogen) atoms. The third kappa shape index (κ3) is 3.46. The number of benzene rings is 1. The maximum atomic E-state index is 12.8. The Morgan fingerprint density at radius 3 is 2.63 bits per heavy atom. The molecule has 0 aromatic heterocycles. The molecule has 2 fully saturated rings. The lowest BCUT2D eigenvalue weighted by Gasteiger charge is -2.48. The van der Waals surface area contributed by atoms with Crippen LogP contribution in [0.2, 0.25) is 0 Å². The fraction of sp³-hybridized carbons (Fsp3) is 0.579. The molecule has 3 rings (SSSR count). The van der Waals surface area contributed by atoms with Gasteiger partial charge in [0.1, 0.15) is 12.4 Å². The first-order chi connectivity index (χ1) is 12.6. The van der Waals surface area contributed by atoms with Crippen molar-refractivity contribution in [1.29, 1.82) is 0 Å². The second-order valence-electron chi connectivity index (χ2n) is 7.56. The summed E-state index contributed by atoms with van der Waals surface area (Å²) in [5.41, 5.74) is -0.437. The molecule has 2 aliphatic heterocycles. The van der Waals surface area contributed by atoms with E-state index in [1.165, 1.54) is 4.90 Å². The average molecular weight is 414 g/mol. The maximum absolute atomic E-state index is 12.8. The van der Waals surface area contributed by atoms with Gasteiger partial charge in [0.05, 0.1) is 17.6 Å². The predicted molar refractivity (Wildman–Crippen MR) is 102 cm³/mol. The number of carbonyl (C=O) groups excluding carboxylic acids is 2. The van der Waals surface area contributed by atoms with Gasteiger partial charge in [-0.05, 0) is 37.5 Å². The molecule has 6 nitrogen and oxygen atoms in total. The van der Waals surface area contributed by atoms with Crippen molar-refractivity contribution in [2.24, 2.45) is 5.92 Å². The van der Waals surface area contributed by atoms with Gasteiger partial charge < -0.3 is 19.3 Å². The summed E-state index contributed by atoms with van der Waals surface area (Å²) in [5, 5.41) is 10.3. The third-order valence-corrected chi connectivity index (χ3v) is 7.83. The molecular formula is C19H24ClNO5S. The van der Waals surface area contributed by atoms with Crippen LogP contribution in [0.1, 0.15) is 32.8 Å². The number of esters is 1. The average Bonchev–Trinajstić information content (AvgIpc) is 2.88. The molecule has 5 unspecified atom stereocenters. The van der Waals surface area contributed by atoms with E-state index in [9.17, 15) is 19.2 Å². The minimum Gasteiger partial charge on any atom is -0.615 e. The molecule has 1 aromatic rings. The number of fused-ring (bicyclic) bond motifs is 1. The highest BCUT2D eigenvalue weighted by atomic mass is 35.5. The summed E-state index contributed by atoms with van der Waals surface area (Å²) < 4.78 is 16.7. The smallest absolute Gasteiger partial charge is 0.336 e. The molecule has 0 spiro atoms. The molecule has 2 saturated heterocycles. The van der Waals surface area contributed by atoms with Crippen LogP contribution in [0.15, 0.2) is 30.3 Å². The quantitative estimate of drug-likeness (QED) is 0.332. The van der Waals surface area contributed by atoms with Crippen LogP contribution in [0.25, 0.3) is 0 Å². The van der Waals surface area contributed by atoms with E-state index >= 15 is 0 Å². The zero-order valence-electron chi connectivity index (χ0n) is 15.6. The lowest BCUT2D eigenvalue weighted by Crippen LogP contribution is -2.68. The topological polar surface area (TPSA) is 89.9 Å². The van der Waals surface area contributed by atoms with Crippen LogP contribution in [-0.4, -0.2) is 54.1 Å². The fourth-order valence-corrected chi connectivity index (χ4v) is 6.01. The molecule has 1 amide bonds. The number of nitrogens with zero attached hydrogens (tertiary/aromatic N) is 1. The van der Waals surface area contributed by atoms with Gasteiger partial charge in [-0.1, -0.05) is 41.9 Å². The minimum absolute atomic E-state index is 0.0452. The molecule has 2 heterocycles. The lowest BCUT2D eigenvalue weighted by atomic mass is 9.76. The second-order valence-corrected chi connectivity index (χ2v) is 10.5. The van der Waals surface area contributed by atoms with E-state index in [0.717, 1.165) is 5.56 Å². The highest BCUT2D eigenvalue weighted by molar-refractivity contribution is 7.94. The van der Waals surface area contributed by atoms with Crippen LogP contribution in [0, 0.1) is 5.92 Å². The second kappa shape index (κ2) is 7.28. The molecule has 148 valence electrons. The Balaban J connectivity index is 1.84. The van der Waals surface area contributed by atoms with Gasteiger partial charge in [-0.2, -0.15) is 0 Å². The number of ether oxygens (including phenoxy) is 1. The predicted octanol–water partition coefficient (Wildman–Crippen LogP) is 1.80. The zero-order chi connectivity index (χ0) is 20.0. The van der Waals surface area contributed by atoms with E-state index in [1.807, 2.05) is 30.3 Å². The van der Waals surface area contributed by atoms with Crippen molar-refractivity contribution in [3.8, 4) is 0 Å². The summed E-state index contributed by atoms with van der Waals surface area (Å²) in [4.78, 5) is 26.9. The van der Waals surface area contributed by atoms with Gasteiger partial charge in [0.2, 0.25) is 10.1 Å². The van der Waals surface area contributed by atoms with E-state index in [-0.39, 0.29) is 24.7 Å². The van der Waals surface area contributed by atoms with Gasteiger partial charge in [-0.3, -0.25) is 4.79 Å². The Labute approximate surface area is 167 Å². The van der Waals surface area contributed by atoms with Crippen molar-refractivity contribution in [2.45, 2.75) is 55.7 Å². The first-order valence-electron chi connectivity index (χ1n) is 8.93. The van der Waals surface area contributed by atoms with Crippen molar-refractivity contribution < 1.29 is 24.0 Å². The number of hydrogen-bond donors (Lipinski definition) is 1. The van der Waals surface area contributed by atoms with Crippen molar-refractivity contribution >= 4 is 34.7 Å². The normalized spacial score (nSPS) is 31.3. The first-order valence-corrected chi connectivity index (χ1v) is 10.6. The van der Waals surface area contributed by atoms with E-state index in [1.54, 1.807) is 20.8 Å². The highest BCUT2D eigenvalue weighted by Gasteiger charge is 2.72. The van der Waals surface area contributed by atoms with Gasteiger partial charge in [-0.15, -0.1) is 0 Å². The fourth-order valence-electron chi connectivity index (χ4n) is 4.03. The number of amides is 1. The third-order valence-electron chi connectivity index (χ3n) is 5.29. The lowest BCUT2D eigenvalue weighted by molar-refractivity contribution is -0.179. The number of aliphatic hydroxyl groups is 1. The van der Waals surface area contributed by atoms with E-state index in [0.29, 0.717) is 0 Å². The molecule has 2 aliphatic rings. The molecule has 0 bridgehead atoms. The van der Waals surface area contributed by atoms with E-state index in [2.05, 4.69) is 0 Å². The SMILES string of the molecule is CC[S+]([O-])C1(Cl)CC2C(C(C)(C)O)C(=O)N2C1C(=O)OCc1ccccc1. The molecule has 0 saturated carbocycles. The zero-order valence-corrected chi connectivity index (χ0v) is 17.1. The number of carbonyl (C=O) groups is 2. The standard InChI is InChI=1S/C19H24ClNO5S/c1-4-27(25)19(20)10-13-14(18(2,3)24)16(22)21(13)15(19)17(23)26-11-12-8-6-5-7-9-12/h5-9,13-15,24H,4,10-11H2,1-3H3. The van der Waals surface area contributed by atoms with E-state index in [4.69, 9.17) is 16.3 Å². The van der Waals surface area contributed by atoms with Crippen molar-refractivity contribution in [3.05, 3.63) is 35.9 Å². The summed E-state index contributed by atoms with van der Waals surface area (Å²) >= 11 is 5.16. The van der Waals surface area contributed by atoms with Crippen molar-refractivity contribution in [3.63, 3.8) is 0 Å². The molecular weight excluding hydrogens is 390 g/mol. The number of hydrogen-bond acceptors (Lipinski definition) is 5. The molecule has 1 aromatic carbocycles. The van der Waals surface area contributed by atoms with Gasteiger partial charge in [0.25, 0.3) is 0 Å². The number of alkyl halides is 1.